The Morgan fingerprint density at radius 3 is 2.95 bits per heavy atom. The predicted molar refractivity (Wildman–Crippen MR) is 80.7 cm³/mol. The molecule has 3 saturated heterocycles. The summed E-state index contributed by atoms with van der Waals surface area (Å²) in [6.45, 7) is 4.08. The minimum atomic E-state index is 0.00710. The lowest BCUT2D eigenvalue weighted by Gasteiger charge is -2.27. The Morgan fingerprint density at radius 1 is 1.32 bits per heavy atom. The summed E-state index contributed by atoms with van der Waals surface area (Å²) >= 11 is 0. The molecule has 0 saturated carbocycles. The zero-order valence-electron chi connectivity index (χ0n) is 12.9. The van der Waals surface area contributed by atoms with Gasteiger partial charge in [-0.05, 0) is 18.6 Å². The zero-order valence-corrected chi connectivity index (χ0v) is 12.9. The molecule has 0 aliphatic carbocycles. The fourth-order valence-corrected chi connectivity index (χ4v) is 4.08. The van der Waals surface area contributed by atoms with Crippen molar-refractivity contribution in [1.82, 2.24) is 14.8 Å². The van der Waals surface area contributed by atoms with Crippen molar-refractivity contribution in [2.45, 2.75) is 24.5 Å². The average molecular weight is 305 g/mol. The molecule has 0 bridgehead atoms. The van der Waals surface area contributed by atoms with E-state index >= 15 is 0 Å². The van der Waals surface area contributed by atoms with Crippen molar-refractivity contribution in [3.8, 4) is 0 Å². The van der Waals surface area contributed by atoms with Gasteiger partial charge in [-0.25, -0.2) is 0 Å². The van der Waals surface area contributed by atoms with Crippen LogP contribution in [0, 0.1) is 5.92 Å². The van der Waals surface area contributed by atoms with E-state index in [2.05, 4.69) is 10.2 Å². The van der Waals surface area contributed by atoms with Gasteiger partial charge in [-0.2, -0.15) is 0 Å². The van der Waals surface area contributed by atoms with Crippen molar-refractivity contribution in [2.75, 3.05) is 33.0 Å². The number of carbonyl (C=O) groups excluding carboxylic acids is 1. The highest BCUT2D eigenvalue weighted by Gasteiger charge is 2.48. The zero-order chi connectivity index (χ0) is 15.1. The van der Waals surface area contributed by atoms with Gasteiger partial charge in [0.1, 0.15) is 5.69 Å². The fourth-order valence-electron chi connectivity index (χ4n) is 4.08. The van der Waals surface area contributed by atoms with Crippen molar-refractivity contribution in [3.63, 3.8) is 0 Å². The first-order valence-corrected chi connectivity index (χ1v) is 8.07. The number of ether oxygens (including phenoxy) is 2. The van der Waals surface area contributed by atoms with Crippen LogP contribution < -0.4 is 5.32 Å². The summed E-state index contributed by atoms with van der Waals surface area (Å²) in [6.07, 6.45) is 2.98. The standard InChI is InChI=1S/C16H23N3O3/c1-18-5-2-3-14(18)16(20)17-13-7-19(11-4-6-21-8-11)15-10-22-9-12(13)15/h2-3,5,11-13,15H,4,6-10H2,1H3,(H,17,20)/t11-,12-,13-,15-/m1/s1. The second kappa shape index (κ2) is 5.68. The van der Waals surface area contributed by atoms with Gasteiger partial charge >= 0.3 is 0 Å². The molecule has 0 aromatic carbocycles. The highest BCUT2D eigenvalue weighted by atomic mass is 16.5. The Labute approximate surface area is 130 Å². The molecule has 1 amide bonds. The molecular formula is C16H23N3O3. The van der Waals surface area contributed by atoms with Gasteiger partial charge in [0.25, 0.3) is 5.91 Å². The maximum absolute atomic E-state index is 12.5. The molecule has 120 valence electrons. The van der Waals surface area contributed by atoms with Crippen LogP contribution in [0.3, 0.4) is 0 Å². The van der Waals surface area contributed by atoms with Crippen LogP contribution in [-0.4, -0.2) is 66.5 Å². The first-order valence-electron chi connectivity index (χ1n) is 8.07. The van der Waals surface area contributed by atoms with Crippen molar-refractivity contribution in [3.05, 3.63) is 24.0 Å². The van der Waals surface area contributed by atoms with Crippen LogP contribution in [0.4, 0.5) is 0 Å². The Bertz CT molecular complexity index is 553. The quantitative estimate of drug-likeness (QED) is 0.869. The third-order valence-corrected chi connectivity index (χ3v) is 5.31. The Hall–Kier alpha value is -1.37. The molecular weight excluding hydrogens is 282 g/mol. The number of amides is 1. The molecule has 0 spiro atoms. The van der Waals surface area contributed by atoms with Gasteiger partial charge in [-0.3, -0.25) is 9.69 Å². The van der Waals surface area contributed by atoms with Crippen LogP contribution in [0.15, 0.2) is 18.3 Å². The molecule has 22 heavy (non-hydrogen) atoms. The molecule has 4 heterocycles. The minimum Gasteiger partial charge on any atom is -0.380 e. The first kappa shape index (κ1) is 14.2. The number of aromatic nitrogens is 1. The SMILES string of the molecule is Cn1cccc1C(=O)N[C@@H]1CN([C@@H]2CCOC2)[C@@H]2COC[C@@H]21. The van der Waals surface area contributed by atoms with E-state index in [1.807, 2.05) is 29.9 Å². The summed E-state index contributed by atoms with van der Waals surface area (Å²) in [5, 5.41) is 3.22. The van der Waals surface area contributed by atoms with Gasteiger partial charge in [0, 0.05) is 50.4 Å². The van der Waals surface area contributed by atoms with E-state index in [9.17, 15) is 4.79 Å². The summed E-state index contributed by atoms with van der Waals surface area (Å²) in [6, 6.07) is 4.81. The van der Waals surface area contributed by atoms with Gasteiger partial charge in [-0.15, -0.1) is 0 Å². The van der Waals surface area contributed by atoms with E-state index in [0.29, 0.717) is 23.7 Å². The molecule has 1 aromatic heterocycles. The summed E-state index contributed by atoms with van der Waals surface area (Å²) < 4.78 is 13.1. The average Bonchev–Trinajstić information content (AvgIpc) is 3.23. The molecule has 1 N–H and O–H groups in total. The van der Waals surface area contributed by atoms with E-state index in [1.165, 1.54) is 0 Å². The topological polar surface area (TPSA) is 55.7 Å². The van der Waals surface area contributed by atoms with E-state index in [1.54, 1.807) is 0 Å². The van der Waals surface area contributed by atoms with E-state index in [0.717, 1.165) is 39.4 Å². The summed E-state index contributed by atoms with van der Waals surface area (Å²) in [7, 11) is 1.90. The maximum Gasteiger partial charge on any atom is 0.268 e. The smallest absolute Gasteiger partial charge is 0.268 e. The van der Waals surface area contributed by atoms with Crippen LogP contribution in [0.25, 0.3) is 0 Å². The largest absolute Gasteiger partial charge is 0.380 e. The normalized spacial score (nSPS) is 35.0. The lowest BCUT2D eigenvalue weighted by molar-refractivity contribution is 0.0886. The van der Waals surface area contributed by atoms with Gasteiger partial charge in [0.05, 0.1) is 19.8 Å². The highest BCUT2D eigenvalue weighted by Crippen LogP contribution is 2.33. The minimum absolute atomic E-state index is 0.00710. The monoisotopic (exact) mass is 305 g/mol. The Balaban J connectivity index is 1.47. The molecule has 3 aliphatic rings. The van der Waals surface area contributed by atoms with Gasteiger partial charge in [0.2, 0.25) is 0 Å². The lowest BCUT2D eigenvalue weighted by atomic mass is 9.99. The number of hydrogen-bond acceptors (Lipinski definition) is 4. The number of hydrogen-bond donors (Lipinski definition) is 1. The van der Waals surface area contributed by atoms with Crippen LogP contribution >= 0.6 is 0 Å². The van der Waals surface area contributed by atoms with E-state index < -0.39 is 0 Å². The molecule has 6 nitrogen and oxygen atoms in total. The first-order chi connectivity index (χ1) is 10.7. The van der Waals surface area contributed by atoms with Crippen molar-refractivity contribution < 1.29 is 14.3 Å². The molecule has 4 rings (SSSR count). The van der Waals surface area contributed by atoms with Crippen LogP contribution in [0.2, 0.25) is 0 Å². The molecule has 4 atom stereocenters. The number of carbonyl (C=O) groups is 1. The Morgan fingerprint density at radius 2 is 2.23 bits per heavy atom. The van der Waals surface area contributed by atoms with Gasteiger partial charge in [0.15, 0.2) is 0 Å². The van der Waals surface area contributed by atoms with Crippen molar-refractivity contribution >= 4 is 5.91 Å². The number of nitrogens with one attached hydrogen (secondary N) is 1. The number of nitrogens with zero attached hydrogens (tertiary/aromatic N) is 2. The van der Waals surface area contributed by atoms with Gasteiger partial charge < -0.3 is 19.4 Å². The molecule has 1 aromatic rings. The number of aryl methyl sites for hydroxylation is 1. The number of fused-ring (bicyclic) bond motifs is 1. The van der Waals surface area contributed by atoms with Crippen LogP contribution in [0.5, 0.6) is 0 Å². The third kappa shape index (κ3) is 2.35. The van der Waals surface area contributed by atoms with Crippen LogP contribution in [0.1, 0.15) is 16.9 Å². The van der Waals surface area contributed by atoms with E-state index in [-0.39, 0.29) is 11.9 Å². The molecule has 0 unspecified atom stereocenters. The summed E-state index contributed by atoms with van der Waals surface area (Å²) in [4.78, 5) is 15.0. The summed E-state index contributed by atoms with van der Waals surface area (Å²) in [5.74, 6) is 0.400. The van der Waals surface area contributed by atoms with Crippen molar-refractivity contribution in [2.24, 2.45) is 13.0 Å². The van der Waals surface area contributed by atoms with Crippen molar-refractivity contribution in [1.29, 1.82) is 0 Å². The molecule has 3 fully saturated rings. The second-order valence-corrected chi connectivity index (χ2v) is 6.57. The van der Waals surface area contributed by atoms with Crippen LogP contribution in [-0.2, 0) is 16.5 Å². The maximum atomic E-state index is 12.5. The lowest BCUT2D eigenvalue weighted by Crippen LogP contribution is -2.43. The number of likely N-dealkylation sites (tertiary alicyclic amines) is 1. The second-order valence-electron chi connectivity index (χ2n) is 6.57. The number of rotatable bonds is 3. The van der Waals surface area contributed by atoms with E-state index in [4.69, 9.17) is 9.47 Å². The van der Waals surface area contributed by atoms with Gasteiger partial charge in [-0.1, -0.05) is 0 Å². The third-order valence-electron chi connectivity index (χ3n) is 5.31. The Kier molecular flexibility index (Phi) is 3.68. The molecule has 3 aliphatic heterocycles. The summed E-state index contributed by atoms with van der Waals surface area (Å²) in [5.41, 5.74) is 0.707. The highest BCUT2D eigenvalue weighted by molar-refractivity contribution is 5.93. The molecule has 6 heteroatoms. The fraction of sp³-hybridized carbons (Fsp3) is 0.688. The molecule has 0 radical (unpaired) electrons. The predicted octanol–water partition coefficient (Wildman–Crippen LogP) is 0.243.